The highest BCUT2D eigenvalue weighted by molar-refractivity contribution is 6.06. The molecule has 1 aliphatic heterocycles. The van der Waals surface area contributed by atoms with Crippen LogP contribution < -0.4 is 4.90 Å². The Morgan fingerprint density at radius 2 is 1.97 bits per heavy atom. The third kappa shape index (κ3) is 3.28. The molecule has 0 spiro atoms. The van der Waals surface area contributed by atoms with Crippen LogP contribution in [-0.2, 0) is 6.42 Å². The Hall–Kier alpha value is -3.54. The van der Waals surface area contributed by atoms with E-state index in [9.17, 15) is 4.79 Å². The fraction of sp³-hybridized carbons (Fsp3) is 0.280. The van der Waals surface area contributed by atoms with Crippen LogP contribution in [0.2, 0.25) is 0 Å². The van der Waals surface area contributed by atoms with E-state index in [4.69, 9.17) is 0 Å². The van der Waals surface area contributed by atoms with Gasteiger partial charge in [0.15, 0.2) is 5.69 Å². The van der Waals surface area contributed by atoms with Crippen molar-refractivity contribution < 1.29 is 4.79 Å². The van der Waals surface area contributed by atoms with Crippen molar-refractivity contribution in [2.45, 2.75) is 39.5 Å². The first-order valence-electron chi connectivity index (χ1n) is 10.7. The number of aryl methyl sites for hydroxylation is 1. The van der Waals surface area contributed by atoms with Gasteiger partial charge in [-0.2, -0.15) is 0 Å². The third-order valence-corrected chi connectivity index (χ3v) is 6.12. The number of pyridine rings is 1. The molecule has 6 heteroatoms. The van der Waals surface area contributed by atoms with Crippen LogP contribution in [0.15, 0.2) is 54.9 Å². The van der Waals surface area contributed by atoms with E-state index in [1.54, 1.807) is 10.9 Å². The van der Waals surface area contributed by atoms with Crippen LogP contribution in [0.25, 0.3) is 16.5 Å². The van der Waals surface area contributed by atoms with Gasteiger partial charge >= 0.3 is 0 Å². The molecule has 0 fully saturated rings. The molecular formula is C25H25N5O. The van der Waals surface area contributed by atoms with Gasteiger partial charge in [0, 0.05) is 35.4 Å². The monoisotopic (exact) mass is 411 g/mol. The number of fused-ring (bicyclic) bond motifs is 2. The maximum Gasteiger partial charge on any atom is 0.280 e. The minimum atomic E-state index is -0.0936. The second-order valence-electron chi connectivity index (χ2n) is 8.41. The molecule has 2 aromatic carbocycles. The van der Waals surface area contributed by atoms with Crippen LogP contribution in [0, 0.1) is 6.92 Å². The number of nitrogens with zero attached hydrogens (tertiary/aromatic N) is 5. The molecule has 0 unspecified atom stereocenters. The van der Waals surface area contributed by atoms with Gasteiger partial charge in [-0.25, -0.2) is 4.68 Å². The van der Waals surface area contributed by atoms with Crippen molar-refractivity contribution in [3.8, 4) is 5.69 Å². The summed E-state index contributed by atoms with van der Waals surface area (Å²) in [4.78, 5) is 19.6. The minimum absolute atomic E-state index is 0.0936. The van der Waals surface area contributed by atoms with Gasteiger partial charge in [-0.05, 0) is 55.0 Å². The highest BCUT2D eigenvalue weighted by Gasteiger charge is 2.28. The van der Waals surface area contributed by atoms with Gasteiger partial charge in [0.25, 0.3) is 5.91 Å². The van der Waals surface area contributed by atoms with E-state index in [1.165, 1.54) is 11.1 Å². The van der Waals surface area contributed by atoms with E-state index in [2.05, 4.69) is 47.3 Å². The number of benzene rings is 2. The molecule has 0 saturated carbocycles. The molecule has 2 aromatic heterocycles. The minimum Gasteiger partial charge on any atom is -0.307 e. The van der Waals surface area contributed by atoms with Crippen molar-refractivity contribution in [1.82, 2.24) is 20.0 Å². The summed E-state index contributed by atoms with van der Waals surface area (Å²) in [6, 6.07) is 14.4. The van der Waals surface area contributed by atoms with Gasteiger partial charge in [-0.15, -0.1) is 5.10 Å². The predicted octanol–water partition coefficient (Wildman–Crippen LogP) is 4.84. The Morgan fingerprint density at radius 3 is 2.81 bits per heavy atom. The van der Waals surface area contributed by atoms with Crippen molar-refractivity contribution >= 4 is 22.4 Å². The highest BCUT2D eigenvalue weighted by atomic mass is 16.2. The van der Waals surface area contributed by atoms with E-state index in [0.717, 1.165) is 40.7 Å². The lowest BCUT2D eigenvalue weighted by atomic mass is 9.94. The normalized spacial score (nSPS) is 13.6. The highest BCUT2D eigenvalue weighted by Crippen LogP contribution is 2.32. The topological polar surface area (TPSA) is 63.9 Å². The summed E-state index contributed by atoms with van der Waals surface area (Å²) in [5.41, 5.74) is 5.56. The quantitative estimate of drug-likeness (QED) is 0.484. The zero-order valence-corrected chi connectivity index (χ0v) is 18.0. The summed E-state index contributed by atoms with van der Waals surface area (Å²) in [6.45, 7) is 6.98. The molecule has 4 aromatic rings. The summed E-state index contributed by atoms with van der Waals surface area (Å²) in [5, 5.41) is 10.7. The maximum absolute atomic E-state index is 13.5. The first-order chi connectivity index (χ1) is 15.0. The molecule has 3 heterocycles. The van der Waals surface area contributed by atoms with E-state index >= 15 is 0 Å². The summed E-state index contributed by atoms with van der Waals surface area (Å²) in [7, 11) is 0. The van der Waals surface area contributed by atoms with Crippen LogP contribution in [-0.4, -0.2) is 32.4 Å². The molecule has 0 aliphatic carbocycles. The van der Waals surface area contributed by atoms with Crippen LogP contribution in [0.3, 0.4) is 0 Å². The SMILES string of the molecule is Cc1c(C(=O)N2CCCc3cc(C(C)C)ccc32)nnn1-c1cccc2cnccc12. The zero-order valence-electron chi connectivity index (χ0n) is 18.0. The number of amides is 1. The number of rotatable bonds is 3. The molecule has 1 aliphatic rings. The zero-order chi connectivity index (χ0) is 21.5. The van der Waals surface area contributed by atoms with Gasteiger partial charge in [0.05, 0.1) is 11.4 Å². The van der Waals surface area contributed by atoms with Crippen molar-refractivity contribution in [2.75, 3.05) is 11.4 Å². The number of anilines is 1. The van der Waals surface area contributed by atoms with E-state index in [1.807, 2.05) is 42.3 Å². The number of hydrogen-bond acceptors (Lipinski definition) is 4. The first-order valence-corrected chi connectivity index (χ1v) is 10.7. The fourth-order valence-electron chi connectivity index (χ4n) is 4.36. The van der Waals surface area contributed by atoms with Crippen molar-refractivity contribution in [1.29, 1.82) is 0 Å². The van der Waals surface area contributed by atoms with Crippen molar-refractivity contribution in [3.05, 3.63) is 77.4 Å². The maximum atomic E-state index is 13.5. The second-order valence-corrected chi connectivity index (χ2v) is 8.41. The standard InChI is InChI=1S/C25H25N5O/c1-16(2)18-9-10-22-19(14-18)7-5-13-29(22)25(31)24-17(3)30(28-27-24)23-8-4-6-20-15-26-12-11-21(20)23/h4,6,8-12,14-16H,5,7,13H2,1-3H3. The van der Waals surface area contributed by atoms with Crippen LogP contribution in [0.1, 0.15) is 53.5 Å². The number of carbonyl (C=O) groups is 1. The molecule has 0 bridgehead atoms. The van der Waals surface area contributed by atoms with E-state index in [-0.39, 0.29) is 5.91 Å². The Labute approximate surface area is 181 Å². The lowest BCUT2D eigenvalue weighted by Gasteiger charge is -2.29. The van der Waals surface area contributed by atoms with Crippen LogP contribution in [0.5, 0.6) is 0 Å². The molecule has 0 atom stereocenters. The molecule has 0 radical (unpaired) electrons. The largest absolute Gasteiger partial charge is 0.307 e. The Balaban J connectivity index is 1.53. The molecule has 5 rings (SSSR count). The Bertz CT molecular complexity index is 1290. The van der Waals surface area contributed by atoms with Crippen LogP contribution in [0.4, 0.5) is 5.69 Å². The van der Waals surface area contributed by atoms with Gasteiger partial charge in [0.2, 0.25) is 0 Å². The summed E-state index contributed by atoms with van der Waals surface area (Å²) in [6.07, 6.45) is 5.53. The van der Waals surface area contributed by atoms with Gasteiger partial charge in [0.1, 0.15) is 0 Å². The number of carbonyl (C=O) groups excluding carboxylic acids is 1. The summed E-state index contributed by atoms with van der Waals surface area (Å²) < 4.78 is 1.75. The van der Waals surface area contributed by atoms with Gasteiger partial charge in [-0.1, -0.05) is 43.3 Å². The smallest absolute Gasteiger partial charge is 0.280 e. The molecular weight excluding hydrogens is 386 g/mol. The summed E-state index contributed by atoms with van der Waals surface area (Å²) >= 11 is 0. The van der Waals surface area contributed by atoms with Gasteiger partial charge in [-0.3, -0.25) is 9.78 Å². The Kier molecular flexibility index (Phi) is 4.77. The first kappa shape index (κ1) is 19.4. The number of aromatic nitrogens is 4. The van der Waals surface area contributed by atoms with E-state index < -0.39 is 0 Å². The molecule has 156 valence electrons. The second kappa shape index (κ2) is 7.61. The number of hydrogen-bond donors (Lipinski definition) is 0. The lowest BCUT2D eigenvalue weighted by Crippen LogP contribution is -2.36. The molecule has 6 nitrogen and oxygen atoms in total. The Morgan fingerprint density at radius 1 is 1.10 bits per heavy atom. The van der Waals surface area contributed by atoms with Gasteiger partial charge < -0.3 is 4.90 Å². The molecule has 0 saturated heterocycles. The van der Waals surface area contributed by atoms with E-state index in [0.29, 0.717) is 18.2 Å². The average Bonchev–Trinajstić information content (AvgIpc) is 3.18. The molecule has 1 amide bonds. The third-order valence-electron chi connectivity index (χ3n) is 6.12. The lowest BCUT2D eigenvalue weighted by molar-refractivity contribution is 0.0979. The fourth-order valence-corrected chi connectivity index (χ4v) is 4.36. The van der Waals surface area contributed by atoms with Crippen LogP contribution >= 0.6 is 0 Å². The van der Waals surface area contributed by atoms with Crippen molar-refractivity contribution in [3.63, 3.8) is 0 Å². The predicted molar refractivity (Wildman–Crippen MR) is 122 cm³/mol. The average molecular weight is 412 g/mol. The molecule has 0 N–H and O–H groups in total. The summed E-state index contributed by atoms with van der Waals surface area (Å²) in [5.74, 6) is 0.373. The van der Waals surface area contributed by atoms with Crippen molar-refractivity contribution in [2.24, 2.45) is 0 Å². The molecule has 31 heavy (non-hydrogen) atoms.